The Morgan fingerprint density at radius 1 is 1.19 bits per heavy atom. The van der Waals surface area contributed by atoms with Crippen LogP contribution in [0.2, 0.25) is 0 Å². The molecule has 0 amide bonds. The van der Waals surface area contributed by atoms with Gasteiger partial charge in [0, 0.05) is 23.8 Å². The summed E-state index contributed by atoms with van der Waals surface area (Å²) in [7, 11) is 0. The van der Waals surface area contributed by atoms with Crippen molar-refractivity contribution in [3.8, 4) is 6.07 Å². The molecular weight excluding hydrogens is 258 g/mol. The number of anilines is 1. The van der Waals surface area contributed by atoms with Crippen LogP contribution in [0.3, 0.4) is 0 Å². The smallest absolute Gasteiger partial charge is 0.0991 e. The number of piperidine rings is 2. The number of nitrogens with zero attached hydrogens (tertiary/aromatic N) is 2. The molecule has 2 bridgehead atoms. The number of fused-ring (bicyclic) bond motifs is 2. The number of hydrogen-bond acceptors (Lipinski definition) is 3. The Morgan fingerprint density at radius 2 is 1.86 bits per heavy atom. The molecule has 0 aliphatic carbocycles. The molecule has 2 fully saturated rings. The van der Waals surface area contributed by atoms with E-state index in [2.05, 4.69) is 35.3 Å². The average Bonchev–Trinajstić information content (AvgIpc) is 2.52. The van der Waals surface area contributed by atoms with E-state index < -0.39 is 0 Å². The van der Waals surface area contributed by atoms with Crippen molar-refractivity contribution < 1.29 is 0 Å². The lowest BCUT2D eigenvalue weighted by Gasteiger charge is -2.50. The third-order valence-electron chi connectivity index (χ3n) is 4.95. The molecule has 3 rings (SSSR count). The summed E-state index contributed by atoms with van der Waals surface area (Å²) in [4.78, 5) is 2.63. The Morgan fingerprint density at radius 3 is 2.43 bits per heavy atom. The zero-order valence-corrected chi connectivity index (χ0v) is 12.9. The van der Waals surface area contributed by atoms with Gasteiger partial charge in [0.1, 0.15) is 0 Å². The molecule has 1 aromatic rings. The van der Waals surface area contributed by atoms with Crippen LogP contribution < -0.4 is 10.2 Å². The maximum atomic E-state index is 8.95. The molecule has 2 heterocycles. The van der Waals surface area contributed by atoms with Crippen molar-refractivity contribution in [1.82, 2.24) is 5.32 Å². The fraction of sp³-hybridized carbons (Fsp3) is 0.611. The van der Waals surface area contributed by atoms with Crippen LogP contribution in [0.25, 0.3) is 0 Å². The van der Waals surface area contributed by atoms with Crippen LogP contribution in [-0.2, 0) is 0 Å². The van der Waals surface area contributed by atoms with Crippen molar-refractivity contribution in [2.75, 3.05) is 11.4 Å². The highest BCUT2D eigenvalue weighted by atomic mass is 15.2. The second-order valence-corrected chi connectivity index (χ2v) is 6.43. The quantitative estimate of drug-likeness (QED) is 0.920. The summed E-state index contributed by atoms with van der Waals surface area (Å²) >= 11 is 0. The van der Waals surface area contributed by atoms with Gasteiger partial charge in [-0.15, -0.1) is 0 Å². The summed E-state index contributed by atoms with van der Waals surface area (Å²) in [6.45, 7) is 3.38. The number of nitriles is 1. The molecule has 2 unspecified atom stereocenters. The number of benzene rings is 1. The molecule has 0 radical (unpaired) electrons. The topological polar surface area (TPSA) is 39.1 Å². The van der Waals surface area contributed by atoms with Gasteiger partial charge in [0.05, 0.1) is 11.6 Å². The third kappa shape index (κ3) is 3.06. The van der Waals surface area contributed by atoms with Crippen LogP contribution in [0.5, 0.6) is 0 Å². The van der Waals surface area contributed by atoms with E-state index in [9.17, 15) is 0 Å². The molecule has 21 heavy (non-hydrogen) atoms. The highest BCUT2D eigenvalue weighted by Gasteiger charge is 2.37. The number of hydrogen-bond donors (Lipinski definition) is 1. The summed E-state index contributed by atoms with van der Waals surface area (Å²) in [5, 5.41) is 12.7. The van der Waals surface area contributed by atoms with Crippen molar-refractivity contribution in [1.29, 1.82) is 5.26 Å². The summed E-state index contributed by atoms with van der Waals surface area (Å²) in [6.07, 6.45) is 7.71. The lowest BCUT2D eigenvalue weighted by molar-refractivity contribution is 0.246. The van der Waals surface area contributed by atoms with E-state index in [4.69, 9.17) is 5.26 Å². The van der Waals surface area contributed by atoms with Crippen LogP contribution in [0.4, 0.5) is 5.69 Å². The Hall–Kier alpha value is -1.53. The average molecular weight is 283 g/mol. The maximum absolute atomic E-state index is 8.95. The van der Waals surface area contributed by atoms with Crippen LogP contribution in [0, 0.1) is 11.3 Å². The Balaban J connectivity index is 1.75. The van der Waals surface area contributed by atoms with Crippen molar-refractivity contribution in [3.63, 3.8) is 0 Å². The zero-order chi connectivity index (χ0) is 14.7. The van der Waals surface area contributed by atoms with Gasteiger partial charge in [0.15, 0.2) is 0 Å². The standard InChI is InChI=1S/C18H25N3/c1-2-10-20-15-11-17-4-3-5-18(12-15)21(17)16-8-6-14(13-19)7-9-16/h6-9,15,17-18,20H,2-5,10-12H2,1H3. The molecule has 2 aliphatic rings. The van der Waals surface area contributed by atoms with E-state index in [1.807, 2.05) is 12.1 Å². The van der Waals surface area contributed by atoms with E-state index in [1.54, 1.807) is 0 Å². The lowest BCUT2D eigenvalue weighted by atomic mass is 9.81. The molecule has 0 spiro atoms. The minimum Gasteiger partial charge on any atom is -0.365 e. The van der Waals surface area contributed by atoms with Gasteiger partial charge in [-0.25, -0.2) is 0 Å². The summed E-state index contributed by atoms with van der Waals surface area (Å²) in [5.74, 6) is 0. The molecule has 0 aromatic heterocycles. The van der Waals surface area contributed by atoms with Gasteiger partial charge in [-0.2, -0.15) is 5.26 Å². The summed E-state index contributed by atoms with van der Waals surface area (Å²) in [6, 6.07) is 12.4. The van der Waals surface area contributed by atoms with Gasteiger partial charge >= 0.3 is 0 Å². The Labute approximate surface area is 128 Å². The van der Waals surface area contributed by atoms with Crippen molar-refractivity contribution in [2.24, 2.45) is 0 Å². The van der Waals surface area contributed by atoms with E-state index in [1.165, 1.54) is 44.2 Å². The first-order valence-corrected chi connectivity index (χ1v) is 8.33. The first-order chi connectivity index (χ1) is 10.3. The van der Waals surface area contributed by atoms with Crippen molar-refractivity contribution in [3.05, 3.63) is 29.8 Å². The monoisotopic (exact) mass is 283 g/mol. The van der Waals surface area contributed by atoms with Gasteiger partial charge < -0.3 is 10.2 Å². The van der Waals surface area contributed by atoms with Crippen LogP contribution in [0.15, 0.2) is 24.3 Å². The van der Waals surface area contributed by atoms with E-state index >= 15 is 0 Å². The van der Waals surface area contributed by atoms with Crippen molar-refractivity contribution in [2.45, 2.75) is 63.6 Å². The first-order valence-electron chi connectivity index (χ1n) is 8.33. The van der Waals surface area contributed by atoms with Gasteiger partial charge in [0.2, 0.25) is 0 Å². The molecule has 1 aromatic carbocycles. The molecule has 2 saturated heterocycles. The maximum Gasteiger partial charge on any atom is 0.0991 e. The first kappa shape index (κ1) is 14.4. The van der Waals surface area contributed by atoms with Gasteiger partial charge in [-0.05, 0) is 69.3 Å². The molecule has 1 N–H and O–H groups in total. The molecule has 2 aliphatic heterocycles. The molecule has 0 saturated carbocycles. The van der Waals surface area contributed by atoms with Gasteiger partial charge in [-0.1, -0.05) is 6.92 Å². The lowest BCUT2D eigenvalue weighted by Crippen LogP contribution is -2.56. The fourth-order valence-corrected chi connectivity index (χ4v) is 4.03. The third-order valence-corrected chi connectivity index (χ3v) is 4.95. The van der Waals surface area contributed by atoms with Crippen LogP contribution in [0.1, 0.15) is 51.0 Å². The zero-order valence-electron chi connectivity index (χ0n) is 12.9. The van der Waals surface area contributed by atoms with Crippen molar-refractivity contribution >= 4 is 5.69 Å². The molecule has 112 valence electrons. The second kappa shape index (κ2) is 6.49. The van der Waals surface area contributed by atoms with E-state index in [0.717, 1.165) is 12.1 Å². The highest BCUT2D eigenvalue weighted by Crippen LogP contribution is 2.37. The molecule has 3 nitrogen and oxygen atoms in total. The second-order valence-electron chi connectivity index (χ2n) is 6.43. The van der Waals surface area contributed by atoms with E-state index in [0.29, 0.717) is 18.1 Å². The number of nitrogens with one attached hydrogen (secondary N) is 1. The Kier molecular flexibility index (Phi) is 4.45. The fourth-order valence-electron chi connectivity index (χ4n) is 4.03. The largest absolute Gasteiger partial charge is 0.365 e. The predicted molar refractivity (Wildman–Crippen MR) is 86.4 cm³/mol. The normalized spacial score (nSPS) is 28.2. The van der Waals surface area contributed by atoms with Crippen LogP contribution in [-0.4, -0.2) is 24.7 Å². The minimum atomic E-state index is 0.666. The minimum absolute atomic E-state index is 0.666. The molecule has 2 atom stereocenters. The summed E-state index contributed by atoms with van der Waals surface area (Å²) < 4.78 is 0. The highest BCUT2D eigenvalue weighted by molar-refractivity contribution is 5.52. The molecular formula is C18H25N3. The number of rotatable bonds is 4. The summed E-state index contributed by atoms with van der Waals surface area (Å²) in [5.41, 5.74) is 2.06. The van der Waals surface area contributed by atoms with E-state index in [-0.39, 0.29) is 0 Å². The predicted octanol–water partition coefficient (Wildman–Crippen LogP) is 3.45. The van der Waals surface area contributed by atoms with Gasteiger partial charge in [-0.3, -0.25) is 0 Å². The SMILES string of the molecule is CCCNC1CC2CCCC(C1)N2c1ccc(C#N)cc1. The molecule has 3 heteroatoms. The van der Waals surface area contributed by atoms with Crippen LogP contribution >= 0.6 is 0 Å². The van der Waals surface area contributed by atoms with Gasteiger partial charge in [0.25, 0.3) is 0 Å². The Bertz CT molecular complexity index is 488.